The molecule has 0 radical (unpaired) electrons. The van der Waals surface area contributed by atoms with Gasteiger partial charge in [-0.25, -0.2) is 4.98 Å². The number of hydrogen-bond donors (Lipinski definition) is 2. The van der Waals surface area contributed by atoms with Crippen LogP contribution < -0.4 is 10.6 Å². The van der Waals surface area contributed by atoms with Crippen molar-refractivity contribution >= 4 is 17.5 Å². The van der Waals surface area contributed by atoms with Crippen LogP contribution in [0.3, 0.4) is 0 Å². The van der Waals surface area contributed by atoms with E-state index in [0.717, 1.165) is 18.7 Å². The zero-order valence-corrected chi connectivity index (χ0v) is 12.9. The highest BCUT2D eigenvalue weighted by molar-refractivity contribution is 5.57. The molecular weight excluding hydrogens is 307 g/mol. The maximum atomic E-state index is 12.5. The van der Waals surface area contributed by atoms with Crippen molar-refractivity contribution in [2.24, 2.45) is 0 Å². The first-order valence-corrected chi connectivity index (χ1v) is 7.00. The van der Waals surface area contributed by atoms with E-state index in [9.17, 15) is 13.2 Å². The highest BCUT2D eigenvalue weighted by Crippen LogP contribution is 2.30. The number of benzene rings is 1. The average Bonchev–Trinajstić information content (AvgIpc) is 2.47. The molecule has 2 aromatic rings. The Hall–Kier alpha value is -2.35. The van der Waals surface area contributed by atoms with Gasteiger partial charge in [-0.2, -0.15) is 18.2 Å². The molecule has 1 aromatic carbocycles. The summed E-state index contributed by atoms with van der Waals surface area (Å²) in [6, 6.07) is 6.43. The Morgan fingerprint density at radius 2 is 1.78 bits per heavy atom. The molecule has 0 saturated carbocycles. The number of nitrogens with zero attached hydrogens (tertiary/aromatic N) is 3. The first-order chi connectivity index (χ1) is 10.8. The molecule has 2 N–H and O–H groups in total. The monoisotopic (exact) mass is 325 g/mol. The van der Waals surface area contributed by atoms with Crippen molar-refractivity contribution in [1.29, 1.82) is 0 Å². The van der Waals surface area contributed by atoms with Gasteiger partial charge in [-0.15, -0.1) is 0 Å². The Morgan fingerprint density at radius 1 is 1.09 bits per heavy atom. The van der Waals surface area contributed by atoms with Gasteiger partial charge >= 0.3 is 6.18 Å². The summed E-state index contributed by atoms with van der Waals surface area (Å²) in [5.41, 5.74) is -0.160. The molecule has 0 unspecified atom stereocenters. The largest absolute Gasteiger partial charge is 0.416 e. The van der Waals surface area contributed by atoms with E-state index in [0.29, 0.717) is 24.0 Å². The molecule has 23 heavy (non-hydrogen) atoms. The first kappa shape index (κ1) is 17.0. The van der Waals surface area contributed by atoms with Gasteiger partial charge in [0.2, 0.25) is 5.95 Å². The van der Waals surface area contributed by atoms with Crippen LogP contribution in [0.5, 0.6) is 0 Å². The van der Waals surface area contributed by atoms with Crippen LogP contribution in [0.15, 0.2) is 36.5 Å². The molecule has 0 aliphatic rings. The summed E-state index contributed by atoms with van der Waals surface area (Å²) in [4.78, 5) is 10.4. The highest BCUT2D eigenvalue weighted by atomic mass is 19.4. The van der Waals surface area contributed by atoms with Crippen LogP contribution in [0, 0.1) is 0 Å². The molecule has 0 saturated heterocycles. The van der Waals surface area contributed by atoms with Crippen LogP contribution in [0.4, 0.5) is 30.6 Å². The van der Waals surface area contributed by atoms with Crippen LogP contribution in [-0.4, -0.2) is 42.1 Å². The second kappa shape index (κ2) is 7.28. The fourth-order valence-corrected chi connectivity index (χ4v) is 1.80. The van der Waals surface area contributed by atoms with Gasteiger partial charge in [-0.05, 0) is 44.4 Å². The van der Waals surface area contributed by atoms with Crippen LogP contribution in [-0.2, 0) is 6.18 Å². The average molecular weight is 325 g/mol. The van der Waals surface area contributed by atoms with Gasteiger partial charge in [-0.1, -0.05) is 0 Å². The van der Waals surface area contributed by atoms with E-state index in [1.807, 2.05) is 19.0 Å². The first-order valence-electron chi connectivity index (χ1n) is 7.00. The molecule has 8 heteroatoms. The van der Waals surface area contributed by atoms with Gasteiger partial charge in [0.05, 0.1) is 5.56 Å². The molecule has 0 atom stereocenters. The Bertz CT molecular complexity index is 626. The highest BCUT2D eigenvalue weighted by Gasteiger charge is 2.29. The molecule has 5 nitrogen and oxygen atoms in total. The minimum atomic E-state index is -4.34. The standard InChI is InChI=1S/C15H18F3N5/c1-23(2)10-9-20-14-19-8-7-13(22-14)21-12-5-3-11(4-6-12)15(16,17)18/h3-8H,9-10H2,1-2H3,(H2,19,20,21,22). The number of alkyl halides is 3. The van der Waals surface area contributed by atoms with Gasteiger partial charge in [0.25, 0.3) is 0 Å². The third kappa shape index (κ3) is 5.41. The number of hydrogen-bond acceptors (Lipinski definition) is 5. The van der Waals surface area contributed by atoms with Gasteiger partial charge in [0.1, 0.15) is 5.82 Å². The molecule has 124 valence electrons. The molecule has 0 amide bonds. The topological polar surface area (TPSA) is 53.1 Å². The fraction of sp³-hybridized carbons (Fsp3) is 0.333. The number of aromatic nitrogens is 2. The van der Waals surface area contributed by atoms with E-state index >= 15 is 0 Å². The van der Waals surface area contributed by atoms with E-state index in [1.54, 1.807) is 12.3 Å². The molecule has 2 rings (SSSR count). The van der Waals surface area contributed by atoms with E-state index in [1.165, 1.54) is 12.1 Å². The molecule has 0 bridgehead atoms. The van der Waals surface area contributed by atoms with E-state index < -0.39 is 11.7 Å². The normalized spacial score (nSPS) is 11.6. The van der Waals surface area contributed by atoms with Gasteiger partial charge in [0.15, 0.2) is 0 Å². The van der Waals surface area contributed by atoms with Crippen molar-refractivity contribution in [3.05, 3.63) is 42.1 Å². The number of rotatable bonds is 6. The summed E-state index contributed by atoms with van der Waals surface area (Å²) < 4.78 is 37.6. The number of likely N-dealkylation sites (N-methyl/N-ethyl adjacent to an activating group) is 1. The van der Waals surface area contributed by atoms with Crippen molar-refractivity contribution in [3.8, 4) is 0 Å². The molecule has 0 aliphatic heterocycles. The number of anilines is 3. The zero-order chi connectivity index (χ0) is 16.9. The van der Waals surface area contributed by atoms with Gasteiger partial charge in [-0.3, -0.25) is 0 Å². The van der Waals surface area contributed by atoms with Crippen LogP contribution in [0.2, 0.25) is 0 Å². The lowest BCUT2D eigenvalue weighted by molar-refractivity contribution is -0.137. The third-order valence-electron chi connectivity index (χ3n) is 2.98. The second-order valence-corrected chi connectivity index (χ2v) is 5.20. The number of halogens is 3. The lowest BCUT2D eigenvalue weighted by atomic mass is 10.2. The Morgan fingerprint density at radius 3 is 2.39 bits per heavy atom. The maximum Gasteiger partial charge on any atom is 0.416 e. The maximum absolute atomic E-state index is 12.5. The predicted molar refractivity (Wildman–Crippen MR) is 83.8 cm³/mol. The van der Waals surface area contributed by atoms with Gasteiger partial charge in [0, 0.05) is 25.0 Å². The second-order valence-electron chi connectivity index (χ2n) is 5.20. The quantitative estimate of drug-likeness (QED) is 0.854. The Labute approximate surface area is 132 Å². The van der Waals surface area contributed by atoms with Crippen molar-refractivity contribution in [2.75, 3.05) is 37.8 Å². The lowest BCUT2D eigenvalue weighted by Crippen LogP contribution is -2.21. The minimum absolute atomic E-state index is 0.462. The smallest absolute Gasteiger partial charge is 0.353 e. The molecule has 0 fully saturated rings. The Balaban J connectivity index is 2.00. The molecule has 1 heterocycles. The van der Waals surface area contributed by atoms with E-state index in [4.69, 9.17) is 0 Å². The van der Waals surface area contributed by atoms with E-state index in [-0.39, 0.29) is 0 Å². The zero-order valence-electron chi connectivity index (χ0n) is 12.9. The molecule has 1 aromatic heterocycles. The van der Waals surface area contributed by atoms with Crippen molar-refractivity contribution in [3.63, 3.8) is 0 Å². The number of nitrogens with one attached hydrogen (secondary N) is 2. The summed E-state index contributed by atoms with van der Waals surface area (Å²) in [5.74, 6) is 0.968. The molecule has 0 aliphatic carbocycles. The van der Waals surface area contributed by atoms with Gasteiger partial charge < -0.3 is 15.5 Å². The molecule has 0 spiro atoms. The minimum Gasteiger partial charge on any atom is -0.353 e. The van der Waals surface area contributed by atoms with Crippen molar-refractivity contribution in [1.82, 2.24) is 14.9 Å². The summed E-state index contributed by atoms with van der Waals surface area (Å²) in [6.07, 6.45) is -2.76. The van der Waals surface area contributed by atoms with Crippen molar-refractivity contribution in [2.45, 2.75) is 6.18 Å². The summed E-state index contributed by atoms with van der Waals surface area (Å²) in [7, 11) is 3.93. The lowest BCUT2D eigenvalue weighted by Gasteiger charge is -2.12. The molecular formula is C15H18F3N5. The summed E-state index contributed by atoms with van der Waals surface area (Å²) in [6.45, 7) is 1.52. The van der Waals surface area contributed by atoms with Crippen molar-refractivity contribution < 1.29 is 13.2 Å². The third-order valence-corrected chi connectivity index (χ3v) is 2.98. The predicted octanol–water partition coefficient (Wildman–Crippen LogP) is 3.21. The Kier molecular flexibility index (Phi) is 5.38. The van der Waals surface area contributed by atoms with Crippen LogP contribution in [0.1, 0.15) is 5.56 Å². The summed E-state index contributed by atoms with van der Waals surface area (Å²) >= 11 is 0. The SMILES string of the molecule is CN(C)CCNc1nccc(Nc2ccc(C(F)(F)F)cc2)n1. The van der Waals surface area contributed by atoms with Crippen LogP contribution in [0.25, 0.3) is 0 Å². The fourth-order valence-electron chi connectivity index (χ4n) is 1.80. The van der Waals surface area contributed by atoms with Crippen LogP contribution >= 0.6 is 0 Å². The summed E-state index contributed by atoms with van der Waals surface area (Å²) in [5, 5.41) is 6.03. The van der Waals surface area contributed by atoms with E-state index in [2.05, 4.69) is 20.6 Å².